The first kappa shape index (κ1) is 16.2. The van der Waals surface area contributed by atoms with Crippen molar-refractivity contribution in [1.29, 1.82) is 0 Å². The summed E-state index contributed by atoms with van der Waals surface area (Å²) in [5.41, 5.74) is -0.320. The van der Waals surface area contributed by atoms with Gasteiger partial charge in [0.05, 0.1) is 18.2 Å². The molecule has 1 aromatic rings. The van der Waals surface area contributed by atoms with Crippen LogP contribution in [0.3, 0.4) is 0 Å². The molecule has 0 spiro atoms. The zero-order valence-corrected chi connectivity index (χ0v) is 14.2. The fraction of sp³-hybridized carbons (Fsp3) is 0.786. The van der Waals surface area contributed by atoms with E-state index in [1.54, 1.807) is 4.90 Å². The van der Waals surface area contributed by atoms with E-state index < -0.39 is 0 Å². The Morgan fingerprint density at radius 3 is 2.86 bits per heavy atom. The van der Waals surface area contributed by atoms with E-state index in [1.807, 2.05) is 20.8 Å². The summed E-state index contributed by atoms with van der Waals surface area (Å²) < 4.78 is 5.81. The zero-order chi connectivity index (χ0) is 15.6. The van der Waals surface area contributed by atoms with E-state index in [2.05, 4.69) is 29.4 Å². The predicted molar refractivity (Wildman–Crippen MR) is 83.7 cm³/mol. The van der Waals surface area contributed by atoms with Gasteiger partial charge in [-0.15, -0.1) is 10.2 Å². The molecule has 0 bridgehead atoms. The Bertz CT molecular complexity index is 501. The molecular formula is C14H24N4O2S. The number of rotatable bonds is 3. The molecule has 0 aromatic carbocycles. The SMILES string of the molecule is CC(C)Cc1nnc(NC(=O)N2CC(C)OC(C)(C)C2)s1. The first-order valence-electron chi connectivity index (χ1n) is 7.31. The van der Waals surface area contributed by atoms with Crippen LogP contribution in [0.5, 0.6) is 0 Å². The van der Waals surface area contributed by atoms with Crippen LogP contribution in [0, 0.1) is 5.92 Å². The van der Waals surface area contributed by atoms with Gasteiger partial charge in [-0.05, 0) is 26.7 Å². The van der Waals surface area contributed by atoms with E-state index in [-0.39, 0.29) is 17.7 Å². The third-order valence-corrected chi connectivity index (χ3v) is 3.98. The smallest absolute Gasteiger partial charge is 0.323 e. The molecule has 1 aromatic heterocycles. The fourth-order valence-electron chi connectivity index (χ4n) is 2.51. The highest BCUT2D eigenvalue weighted by Crippen LogP contribution is 2.23. The van der Waals surface area contributed by atoms with Crippen molar-refractivity contribution in [3.8, 4) is 0 Å². The number of carbonyl (C=O) groups excluding carboxylic acids is 1. The van der Waals surface area contributed by atoms with Gasteiger partial charge in [-0.25, -0.2) is 4.79 Å². The highest BCUT2D eigenvalue weighted by molar-refractivity contribution is 7.15. The van der Waals surface area contributed by atoms with Crippen molar-refractivity contribution in [3.63, 3.8) is 0 Å². The van der Waals surface area contributed by atoms with Crippen molar-refractivity contribution in [2.24, 2.45) is 5.92 Å². The molecule has 2 rings (SSSR count). The molecule has 0 radical (unpaired) electrons. The second kappa shape index (κ2) is 6.27. The molecule has 1 atom stereocenters. The van der Waals surface area contributed by atoms with Gasteiger partial charge in [-0.3, -0.25) is 5.32 Å². The van der Waals surface area contributed by atoms with Gasteiger partial charge >= 0.3 is 6.03 Å². The van der Waals surface area contributed by atoms with Gasteiger partial charge in [-0.2, -0.15) is 0 Å². The maximum Gasteiger partial charge on any atom is 0.323 e. The van der Waals surface area contributed by atoms with Crippen LogP contribution < -0.4 is 5.32 Å². The van der Waals surface area contributed by atoms with Gasteiger partial charge < -0.3 is 9.64 Å². The second-order valence-corrected chi connectivity index (χ2v) is 7.66. The summed E-state index contributed by atoms with van der Waals surface area (Å²) in [6.07, 6.45) is 0.917. The number of aromatic nitrogens is 2. The van der Waals surface area contributed by atoms with E-state index in [1.165, 1.54) is 11.3 Å². The molecule has 1 unspecified atom stereocenters. The molecule has 0 aliphatic carbocycles. The van der Waals surface area contributed by atoms with E-state index in [9.17, 15) is 4.79 Å². The minimum absolute atomic E-state index is 0.0328. The molecule has 1 saturated heterocycles. The third-order valence-electron chi connectivity index (χ3n) is 3.12. The molecule has 118 valence electrons. The summed E-state index contributed by atoms with van der Waals surface area (Å²) >= 11 is 1.44. The van der Waals surface area contributed by atoms with Gasteiger partial charge in [-0.1, -0.05) is 25.2 Å². The Morgan fingerprint density at radius 1 is 1.52 bits per heavy atom. The fourth-order valence-corrected chi connectivity index (χ4v) is 3.46. The normalized spacial score (nSPS) is 21.6. The number of anilines is 1. The summed E-state index contributed by atoms with van der Waals surface area (Å²) in [5.74, 6) is 0.530. The summed E-state index contributed by atoms with van der Waals surface area (Å²) in [6.45, 7) is 11.4. The third kappa shape index (κ3) is 4.64. The standard InChI is InChI=1S/C14H24N4O2S/c1-9(2)6-11-16-17-12(21-11)15-13(19)18-7-10(3)20-14(4,5)8-18/h9-10H,6-8H2,1-5H3,(H,15,17,19). The lowest BCUT2D eigenvalue weighted by Gasteiger charge is -2.41. The van der Waals surface area contributed by atoms with Crippen LogP contribution in [0.1, 0.15) is 39.6 Å². The van der Waals surface area contributed by atoms with E-state index in [0.29, 0.717) is 24.1 Å². The van der Waals surface area contributed by atoms with Gasteiger partial charge in [0, 0.05) is 13.0 Å². The number of hydrogen-bond acceptors (Lipinski definition) is 5. The van der Waals surface area contributed by atoms with Crippen LogP contribution in [0.15, 0.2) is 0 Å². The molecule has 1 N–H and O–H groups in total. The van der Waals surface area contributed by atoms with Crippen LogP contribution in [0.25, 0.3) is 0 Å². The molecule has 2 amide bonds. The van der Waals surface area contributed by atoms with Crippen LogP contribution >= 0.6 is 11.3 Å². The van der Waals surface area contributed by atoms with Crippen molar-refractivity contribution in [3.05, 3.63) is 5.01 Å². The number of amides is 2. The molecule has 1 fully saturated rings. The number of nitrogens with one attached hydrogen (secondary N) is 1. The monoisotopic (exact) mass is 312 g/mol. The van der Waals surface area contributed by atoms with E-state index >= 15 is 0 Å². The minimum atomic E-state index is -0.320. The quantitative estimate of drug-likeness (QED) is 0.932. The van der Waals surface area contributed by atoms with Gasteiger partial charge in [0.2, 0.25) is 5.13 Å². The number of urea groups is 1. The summed E-state index contributed by atoms with van der Waals surface area (Å²) in [6, 6.07) is -0.134. The highest BCUT2D eigenvalue weighted by atomic mass is 32.1. The van der Waals surface area contributed by atoms with Gasteiger partial charge in [0.15, 0.2) is 0 Å². The number of nitrogens with zero attached hydrogens (tertiary/aromatic N) is 3. The molecule has 2 heterocycles. The summed E-state index contributed by atoms with van der Waals surface area (Å²) in [4.78, 5) is 14.1. The number of carbonyl (C=O) groups is 1. The van der Waals surface area contributed by atoms with Crippen molar-refractivity contribution in [2.75, 3.05) is 18.4 Å². The van der Waals surface area contributed by atoms with Crippen molar-refractivity contribution < 1.29 is 9.53 Å². The van der Waals surface area contributed by atoms with Crippen LogP contribution in [-0.2, 0) is 11.2 Å². The summed E-state index contributed by atoms with van der Waals surface area (Å²) in [7, 11) is 0. The average molecular weight is 312 g/mol. The minimum Gasteiger partial charge on any atom is -0.369 e. The Hall–Kier alpha value is -1.21. The number of morpholine rings is 1. The molecule has 21 heavy (non-hydrogen) atoms. The number of hydrogen-bond donors (Lipinski definition) is 1. The maximum absolute atomic E-state index is 12.3. The van der Waals surface area contributed by atoms with Crippen molar-refractivity contribution >= 4 is 22.5 Å². The molecular weight excluding hydrogens is 288 g/mol. The topological polar surface area (TPSA) is 67.4 Å². The molecule has 1 aliphatic heterocycles. The van der Waals surface area contributed by atoms with Crippen molar-refractivity contribution in [1.82, 2.24) is 15.1 Å². The summed E-state index contributed by atoms with van der Waals surface area (Å²) in [5, 5.41) is 12.5. The maximum atomic E-state index is 12.3. The second-order valence-electron chi connectivity index (χ2n) is 6.60. The Labute approximate surface area is 129 Å². The number of ether oxygens (including phenoxy) is 1. The first-order valence-corrected chi connectivity index (χ1v) is 8.13. The molecule has 7 heteroatoms. The molecule has 0 saturated carbocycles. The van der Waals surface area contributed by atoms with Crippen LogP contribution in [-0.4, -0.2) is 45.9 Å². The highest BCUT2D eigenvalue weighted by Gasteiger charge is 2.33. The van der Waals surface area contributed by atoms with Crippen LogP contribution in [0.2, 0.25) is 0 Å². The largest absolute Gasteiger partial charge is 0.369 e. The molecule has 6 nitrogen and oxygen atoms in total. The van der Waals surface area contributed by atoms with Gasteiger partial charge in [0.1, 0.15) is 5.01 Å². The molecule has 1 aliphatic rings. The average Bonchev–Trinajstić information content (AvgIpc) is 2.72. The van der Waals surface area contributed by atoms with Crippen molar-refractivity contribution in [2.45, 2.75) is 52.7 Å². The van der Waals surface area contributed by atoms with Crippen LogP contribution in [0.4, 0.5) is 9.93 Å². The predicted octanol–water partition coefficient (Wildman–Crippen LogP) is 2.77. The van der Waals surface area contributed by atoms with E-state index in [0.717, 1.165) is 11.4 Å². The lowest BCUT2D eigenvalue weighted by molar-refractivity contribution is -0.116. The Morgan fingerprint density at radius 2 is 2.24 bits per heavy atom. The lowest BCUT2D eigenvalue weighted by atomic mass is 10.1. The van der Waals surface area contributed by atoms with Gasteiger partial charge in [0.25, 0.3) is 0 Å². The zero-order valence-electron chi connectivity index (χ0n) is 13.3. The Kier molecular flexibility index (Phi) is 4.83. The first-order chi connectivity index (χ1) is 9.75. The van der Waals surface area contributed by atoms with E-state index in [4.69, 9.17) is 4.74 Å². The Balaban J connectivity index is 1.96. The lowest BCUT2D eigenvalue weighted by Crippen LogP contribution is -2.54.